The van der Waals surface area contributed by atoms with Crippen LogP contribution in [-0.2, 0) is 6.18 Å². The van der Waals surface area contributed by atoms with E-state index in [9.17, 15) is 22.4 Å². The van der Waals surface area contributed by atoms with E-state index in [1.54, 1.807) is 24.3 Å². The van der Waals surface area contributed by atoms with Gasteiger partial charge in [-0.1, -0.05) is 12.1 Å². The van der Waals surface area contributed by atoms with Crippen LogP contribution in [0.3, 0.4) is 0 Å². The van der Waals surface area contributed by atoms with E-state index >= 15 is 0 Å². The molecule has 0 bridgehead atoms. The van der Waals surface area contributed by atoms with Gasteiger partial charge < -0.3 is 10.3 Å². The summed E-state index contributed by atoms with van der Waals surface area (Å²) in [6, 6.07) is 18.4. The highest BCUT2D eigenvalue weighted by atomic mass is 19.4. The first-order chi connectivity index (χ1) is 16.3. The lowest BCUT2D eigenvalue weighted by Gasteiger charge is -2.13. The van der Waals surface area contributed by atoms with Crippen molar-refractivity contribution in [3.63, 3.8) is 0 Å². The number of imidazole rings is 1. The number of nitrogens with zero attached hydrogens (tertiary/aromatic N) is 3. The van der Waals surface area contributed by atoms with Gasteiger partial charge in [0.2, 0.25) is 0 Å². The van der Waals surface area contributed by atoms with Gasteiger partial charge in [0.05, 0.1) is 28.5 Å². The lowest BCUT2D eigenvalue weighted by atomic mass is 10.1. The number of aromatic amines is 1. The van der Waals surface area contributed by atoms with Crippen LogP contribution >= 0.6 is 0 Å². The number of carbonyl (C=O) groups is 1. The number of amides is 1. The third kappa shape index (κ3) is 4.01. The second-order valence-electron chi connectivity index (χ2n) is 7.43. The van der Waals surface area contributed by atoms with Gasteiger partial charge in [-0.2, -0.15) is 18.3 Å². The smallest absolute Gasteiger partial charge is 0.338 e. The number of fused-ring (bicyclic) bond motifs is 1. The fourth-order valence-corrected chi connectivity index (χ4v) is 3.56. The summed E-state index contributed by atoms with van der Waals surface area (Å²) in [6.45, 7) is 0. The van der Waals surface area contributed by atoms with Crippen molar-refractivity contribution in [2.24, 2.45) is 0 Å². The van der Waals surface area contributed by atoms with Crippen LogP contribution in [0.1, 0.15) is 16.1 Å². The summed E-state index contributed by atoms with van der Waals surface area (Å²) in [6.07, 6.45) is -4.03. The number of anilines is 1. The fraction of sp³-hybridized carbons (Fsp3) is 0.0417. The molecule has 0 spiro atoms. The molecule has 0 unspecified atom stereocenters. The molecule has 34 heavy (non-hydrogen) atoms. The highest BCUT2D eigenvalue weighted by Gasteiger charge is 2.40. The Kier molecular flexibility index (Phi) is 5.12. The Bertz CT molecular complexity index is 1450. The summed E-state index contributed by atoms with van der Waals surface area (Å²) >= 11 is 0. The molecule has 0 saturated heterocycles. The van der Waals surface area contributed by atoms with Crippen LogP contribution in [-0.4, -0.2) is 25.7 Å². The maximum atomic E-state index is 13.8. The molecule has 0 saturated carbocycles. The minimum absolute atomic E-state index is 0.0250. The predicted molar refractivity (Wildman–Crippen MR) is 118 cm³/mol. The Hall–Kier alpha value is -4.47. The number of nitrogens with one attached hydrogen (secondary N) is 2. The Morgan fingerprint density at radius 2 is 1.65 bits per heavy atom. The molecule has 2 heterocycles. The zero-order chi connectivity index (χ0) is 23.9. The molecule has 0 aliphatic rings. The summed E-state index contributed by atoms with van der Waals surface area (Å²) in [5.74, 6) is -0.954. The molecule has 0 atom stereocenters. The first-order valence-electron chi connectivity index (χ1n) is 10.1. The second-order valence-corrected chi connectivity index (χ2v) is 7.43. The van der Waals surface area contributed by atoms with Crippen molar-refractivity contribution in [1.82, 2.24) is 19.7 Å². The number of aromatic nitrogens is 4. The quantitative estimate of drug-likeness (QED) is 0.328. The van der Waals surface area contributed by atoms with Crippen molar-refractivity contribution in [2.75, 3.05) is 5.32 Å². The van der Waals surface area contributed by atoms with Gasteiger partial charge in [0, 0.05) is 11.3 Å². The van der Waals surface area contributed by atoms with Crippen molar-refractivity contribution < 1.29 is 22.4 Å². The van der Waals surface area contributed by atoms with Crippen molar-refractivity contribution in [1.29, 1.82) is 0 Å². The monoisotopic (exact) mass is 465 g/mol. The summed E-state index contributed by atoms with van der Waals surface area (Å²) in [5.41, 5.74) is 0.777. The first kappa shape index (κ1) is 21.4. The Balaban J connectivity index is 1.41. The molecule has 0 radical (unpaired) electrons. The van der Waals surface area contributed by atoms with E-state index in [-0.39, 0.29) is 5.69 Å². The average Bonchev–Trinajstić information content (AvgIpc) is 3.45. The van der Waals surface area contributed by atoms with E-state index in [1.165, 1.54) is 0 Å². The minimum atomic E-state index is -4.87. The molecule has 3 aromatic carbocycles. The number of benzene rings is 3. The largest absolute Gasteiger partial charge is 0.434 e. The molecule has 6 nitrogen and oxygen atoms in total. The van der Waals surface area contributed by atoms with E-state index in [0.29, 0.717) is 16.2 Å². The van der Waals surface area contributed by atoms with Crippen LogP contribution in [0, 0.1) is 5.82 Å². The van der Waals surface area contributed by atoms with Gasteiger partial charge in [-0.3, -0.25) is 4.79 Å². The molecule has 1 amide bonds. The second kappa shape index (κ2) is 8.14. The molecule has 2 N–H and O–H groups in total. The number of hydrogen-bond acceptors (Lipinski definition) is 3. The van der Waals surface area contributed by atoms with Gasteiger partial charge in [-0.25, -0.2) is 14.1 Å². The molecule has 5 rings (SSSR count). The molecule has 5 aromatic rings. The molecule has 0 aliphatic carbocycles. The average molecular weight is 465 g/mol. The highest BCUT2D eigenvalue weighted by Crippen LogP contribution is 2.34. The predicted octanol–water partition coefficient (Wildman–Crippen LogP) is 5.83. The van der Waals surface area contributed by atoms with Crippen LogP contribution in [0.25, 0.3) is 28.1 Å². The molecular formula is C24H15F4N5O. The zero-order valence-corrected chi connectivity index (χ0v) is 17.3. The summed E-state index contributed by atoms with van der Waals surface area (Å²) < 4.78 is 55.2. The van der Waals surface area contributed by atoms with Crippen molar-refractivity contribution >= 4 is 22.6 Å². The van der Waals surface area contributed by atoms with Gasteiger partial charge in [-0.05, 0) is 60.7 Å². The summed E-state index contributed by atoms with van der Waals surface area (Å²) in [4.78, 5) is 20.4. The SMILES string of the molecule is O=C(Nc1ccc(-c2nc3ccccc3[nH]2)cc1)c1cnn(-c2ccc(F)cc2)c1C(F)(F)F. The Labute approximate surface area is 189 Å². The van der Waals surface area contributed by atoms with E-state index in [0.717, 1.165) is 47.1 Å². The van der Waals surface area contributed by atoms with Crippen LogP contribution in [0.4, 0.5) is 23.2 Å². The molecule has 0 fully saturated rings. The molecular weight excluding hydrogens is 450 g/mol. The highest BCUT2D eigenvalue weighted by molar-refractivity contribution is 6.05. The van der Waals surface area contributed by atoms with Crippen LogP contribution in [0.5, 0.6) is 0 Å². The third-order valence-corrected chi connectivity index (χ3v) is 5.16. The third-order valence-electron chi connectivity index (χ3n) is 5.16. The van der Waals surface area contributed by atoms with Crippen molar-refractivity contribution in [3.05, 3.63) is 96.1 Å². The Morgan fingerprint density at radius 3 is 2.32 bits per heavy atom. The molecule has 10 heteroatoms. The lowest BCUT2D eigenvalue weighted by Crippen LogP contribution is -2.20. The number of alkyl halides is 3. The number of rotatable bonds is 4. The van der Waals surface area contributed by atoms with Crippen molar-refractivity contribution in [3.8, 4) is 17.1 Å². The maximum absolute atomic E-state index is 13.8. The fourth-order valence-electron chi connectivity index (χ4n) is 3.56. The van der Waals surface area contributed by atoms with E-state index in [1.807, 2.05) is 24.3 Å². The van der Waals surface area contributed by atoms with Gasteiger partial charge in [0.1, 0.15) is 11.6 Å². The van der Waals surface area contributed by atoms with Gasteiger partial charge in [0.15, 0.2) is 5.69 Å². The number of para-hydroxylation sites is 2. The minimum Gasteiger partial charge on any atom is -0.338 e. The Morgan fingerprint density at radius 1 is 0.941 bits per heavy atom. The summed E-state index contributed by atoms with van der Waals surface area (Å²) in [7, 11) is 0. The number of H-pyrrole nitrogens is 1. The van der Waals surface area contributed by atoms with Gasteiger partial charge in [0.25, 0.3) is 5.91 Å². The number of hydrogen-bond donors (Lipinski definition) is 2. The number of carbonyl (C=O) groups excluding carboxylic acids is 1. The first-order valence-corrected chi connectivity index (χ1v) is 10.1. The van der Waals surface area contributed by atoms with Gasteiger partial charge in [-0.15, -0.1) is 0 Å². The standard InChI is InChI=1S/C24H15F4N5O/c25-15-7-11-17(12-8-15)33-21(24(26,27)28)18(13-29-33)23(34)30-16-9-5-14(6-10-16)22-31-19-3-1-2-4-20(19)32-22/h1-13H,(H,30,34)(H,31,32). The van der Waals surface area contributed by atoms with Crippen LogP contribution < -0.4 is 5.32 Å². The van der Waals surface area contributed by atoms with Crippen LogP contribution in [0.2, 0.25) is 0 Å². The zero-order valence-electron chi connectivity index (χ0n) is 17.3. The molecule has 0 aliphatic heterocycles. The molecule has 170 valence electrons. The van der Waals surface area contributed by atoms with Crippen molar-refractivity contribution in [2.45, 2.75) is 6.18 Å². The van der Waals surface area contributed by atoms with E-state index in [2.05, 4.69) is 20.4 Å². The van der Waals surface area contributed by atoms with Gasteiger partial charge >= 0.3 is 6.18 Å². The topological polar surface area (TPSA) is 75.6 Å². The van der Waals surface area contributed by atoms with E-state index in [4.69, 9.17) is 0 Å². The normalized spacial score (nSPS) is 11.6. The number of halogens is 4. The maximum Gasteiger partial charge on any atom is 0.434 e. The summed E-state index contributed by atoms with van der Waals surface area (Å²) in [5, 5.41) is 6.19. The van der Waals surface area contributed by atoms with Crippen LogP contribution in [0.15, 0.2) is 79.0 Å². The lowest BCUT2D eigenvalue weighted by molar-refractivity contribution is -0.143. The molecule has 2 aromatic heterocycles. The van der Waals surface area contributed by atoms with E-state index < -0.39 is 29.2 Å².